The summed E-state index contributed by atoms with van der Waals surface area (Å²) in [6.07, 6.45) is -7.11. The van der Waals surface area contributed by atoms with Crippen LogP contribution < -0.4 is 0 Å². The fraction of sp³-hybridized carbons (Fsp3) is 0.211. The Balaban J connectivity index is 2.59. The molecule has 0 aliphatic carbocycles. The minimum atomic E-state index is -4.50. The van der Waals surface area contributed by atoms with Crippen molar-refractivity contribution in [2.75, 3.05) is 0 Å². The van der Waals surface area contributed by atoms with Crippen LogP contribution in [0.2, 0.25) is 0 Å². The number of benzene rings is 2. The summed E-state index contributed by atoms with van der Waals surface area (Å²) in [5.41, 5.74) is -3.97. The summed E-state index contributed by atoms with van der Waals surface area (Å²) in [6.45, 7) is 0. The fourth-order valence-corrected chi connectivity index (χ4v) is 2.50. The zero-order valence-electron chi connectivity index (χ0n) is 13.8. The van der Waals surface area contributed by atoms with Gasteiger partial charge in [0, 0.05) is 11.1 Å². The highest BCUT2D eigenvalue weighted by Crippen LogP contribution is 2.30. The molecular weight excluding hydrogens is 362 g/mol. The van der Waals surface area contributed by atoms with Crippen LogP contribution in [0.3, 0.4) is 0 Å². The number of carbonyl (C=O) groups is 3. The molecule has 2 aromatic carbocycles. The van der Waals surface area contributed by atoms with E-state index in [0.717, 1.165) is 0 Å². The van der Waals surface area contributed by atoms with Crippen LogP contribution >= 0.6 is 0 Å². The summed E-state index contributed by atoms with van der Waals surface area (Å²) in [5, 5.41) is 30.7. The summed E-state index contributed by atoms with van der Waals surface area (Å²) in [7, 11) is 0. The van der Waals surface area contributed by atoms with Gasteiger partial charge in [0.2, 0.25) is 17.2 Å². The lowest BCUT2D eigenvalue weighted by molar-refractivity contribution is -0.179. The van der Waals surface area contributed by atoms with Gasteiger partial charge >= 0.3 is 5.92 Å². The first-order valence-electron chi connectivity index (χ1n) is 7.78. The summed E-state index contributed by atoms with van der Waals surface area (Å²) < 4.78 is 27.1. The summed E-state index contributed by atoms with van der Waals surface area (Å²) >= 11 is 0. The molecule has 3 N–H and O–H groups in total. The van der Waals surface area contributed by atoms with E-state index in [2.05, 4.69) is 0 Å². The van der Waals surface area contributed by atoms with Gasteiger partial charge in [-0.15, -0.1) is 0 Å². The minimum absolute atomic E-state index is 0.259. The molecule has 0 unspecified atom stereocenters. The molecule has 2 rings (SSSR count). The van der Waals surface area contributed by atoms with Crippen molar-refractivity contribution >= 4 is 17.9 Å². The van der Waals surface area contributed by atoms with E-state index in [4.69, 9.17) is 0 Å². The zero-order valence-corrected chi connectivity index (χ0v) is 13.8. The van der Waals surface area contributed by atoms with Crippen LogP contribution in [0.5, 0.6) is 0 Å². The third-order valence-electron chi connectivity index (χ3n) is 4.04. The Morgan fingerprint density at radius 1 is 0.815 bits per heavy atom. The Morgan fingerprint density at radius 3 is 1.52 bits per heavy atom. The number of halogens is 2. The number of Topliss-reactive ketones (excluding diaryl/α,β-unsaturated/α-hetero) is 2. The molecule has 0 spiro atoms. The maximum Gasteiger partial charge on any atom is 0.330 e. The highest BCUT2D eigenvalue weighted by atomic mass is 19.3. The van der Waals surface area contributed by atoms with E-state index in [-0.39, 0.29) is 11.1 Å². The number of hydrogen-bond donors (Lipinski definition) is 3. The molecule has 0 bridgehead atoms. The highest BCUT2D eigenvalue weighted by Gasteiger charge is 2.58. The van der Waals surface area contributed by atoms with E-state index in [1.165, 1.54) is 60.7 Å². The molecule has 0 amide bonds. The van der Waals surface area contributed by atoms with Crippen molar-refractivity contribution in [3.63, 3.8) is 0 Å². The van der Waals surface area contributed by atoms with E-state index in [1.807, 2.05) is 0 Å². The normalized spacial score (nSPS) is 14.3. The number of hydrogen-bond acceptors (Lipinski definition) is 6. The van der Waals surface area contributed by atoms with E-state index < -0.39 is 41.6 Å². The lowest BCUT2D eigenvalue weighted by atomic mass is 9.78. The van der Waals surface area contributed by atoms with Crippen molar-refractivity contribution in [2.24, 2.45) is 0 Å². The van der Waals surface area contributed by atoms with Gasteiger partial charge in [0.05, 0.1) is 0 Å². The third-order valence-corrected chi connectivity index (χ3v) is 4.04. The first-order chi connectivity index (χ1) is 12.7. The number of carbonyl (C=O) groups excluding carboxylic acids is 3. The predicted molar refractivity (Wildman–Crippen MR) is 89.5 cm³/mol. The van der Waals surface area contributed by atoms with Crippen LogP contribution in [0.15, 0.2) is 60.7 Å². The summed E-state index contributed by atoms with van der Waals surface area (Å²) in [5.74, 6) is -7.29. The number of aliphatic hydroxyl groups excluding tert-OH is 2. The smallest absolute Gasteiger partial charge is 0.330 e. The van der Waals surface area contributed by atoms with Crippen molar-refractivity contribution in [1.82, 2.24) is 0 Å². The van der Waals surface area contributed by atoms with Gasteiger partial charge < -0.3 is 15.3 Å². The van der Waals surface area contributed by atoms with Crippen LogP contribution in [0.4, 0.5) is 8.78 Å². The standard InChI is InChI=1S/C19H16F2O6/c20-18(21,11-22)16(25)17(26)19(27,14(23)12-7-3-1-4-8-12)15(24)13-9-5-2-6-10-13/h1-11,16-17,25-27H/t16-,17+/m1/s1. The molecule has 6 nitrogen and oxygen atoms in total. The molecule has 27 heavy (non-hydrogen) atoms. The first kappa shape index (κ1) is 20.5. The van der Waals surface area contributed by atoms with Crippen LogP contribution in [0.25, 0.3) is 0 Å². The maximum absolute atomic E-state index is 13.5. The van der Waals surface area contributed by atoms with Crippen LogP contribution in [0, 0.1) is 0 Å². The molecule has 0 radical (unpaired) electrons. The van der Waals surface area contributed by atoms with Gasteiger partial charge in [-0.1, -0.05) is 60.7 Å². The topological polar surface area (TPSA) is 112 Å². The molecule has 0 fully saturated rings. The molecule has 8 heteroatoms. The first-order valence-corrected chi connectivity index (χ1v) is 7.78. The van der Waals surface area contributed by atoms with E-state index in [1.54, 1.807) is 0 Å². The highest BCUT2D eigenvalue weighted by molar-refractivity contribution is 6.23. The Hall–Kier alpha value is -2.81. The quantitative estimate of drug-likeness (QED) is 0.360. The van der Waals surface area contributed by atoms with Crippen molar-refractivity contribution in [2.45, 2.75) is 23.7 Å². The molecule has 0 aliphatic heterocycles. The molecule has 0 saturated heterocycles. The van der Waals surface area contributed by atoms with Gasteiger partial charge in [0.1, 0.15) is 6.10 Å². The number of rotatable bonds is 8. The zero-order chi connectivity index (χ0) is 20.2. The Kier molecular flexibility index (Phi) is 5.94. The molecule has 0 aromatic heterocycles. The largest absolute Gasteiger partial charge is 0.386 e. The van der Waals surface area contributed by atoms with Gasteiger partial charge in [0.15, 0.2) is 12.4 Å². The maximum atomic E-state index is 13.5. The Morgan fingerprint density at radius 2 is 1.19 bits per heavy atom. The lowest BCUT2D eigenvalue weighted by Gasteiger charge is -2.34. The van der Waals surface area contributed by atoms with Gasteiger partial charge in [0.25, 0.3) is 0 Å². The van der Waals surface area contributed by atoms with Gasteiger partial charge in [-0.25, -0.2) is 0 Å². The third kappa shape index (κ3) is 3.82. The fourth-order valence-electron chi connectivity index (χ4n) is 2.50. The average Bonchev–Trinajstić information content (AvgIpc) is 2.72. The van der Waals surface area contributed by atoms with Gasteiger partial charge in [-0.2, -0.15) is 8.78 Å². The Labute approximate surface area is 152 Å². The molecule has 2 aromatic rings. The van der Waals surface area contributed by atoms with Crippen LogP contribution in [0.1, 0.15) is 20.7 Å². The molecule has 0 heterocycles. The van der Waals surface area contributed by atoms with E-state index in [9.17, 15) is 38.5 Å². The number of aldehydes is 1. The molecule has 142 valence electrons. The van der Waals surface area contributed by atoms with E-state index in [0.29, 0.717) is 0 Å². The molecular formula is C19H16F2O6. The van der Waals surface area contributed by atoms with Gasteiger partial charge in [-0.05, 0) is 0 Å². The van der Waals surface area contributed by atoms with Crippen molar-refractivity contribution in [3.8, 4) is 0 Å². The second-order valence-corrected chi connectivity index (χ2v) is 5.84. The van der Waals surface area contributed by atoms with Crippen LogP contribution in [-0.2, 0) is 4.79 Å². The second kappa shape index (κ2) is 7.83. The summed E-state index contributed by atoms with van der Waals surface area (Å²) in [4.78, 5) is 36.0. The lowest BCUT2D eigenvalue weighted by Crippen LogP contribution is -2.63. The van der Waals surface area contributed by atoms with Gasteiger partial charge in [-0.3, -0.25) is 14.4 Å². The number of aliphatic hydroxyl groups is 3. The second-order valence-electron chi connectivity index (χ2n) is 5.84. The van der Waals surface area contributed by atoms with Crippen molar-refractivity contribution in [3.05, 3.63) is 71.8 Å². The average molecular weight is 378 g/mol. The molecule has 2 atom stereocenters. The number of alkyl halides is 2. The Bertz CT molecular complexity index is 771. The van der Waals surface area contributed by atoms with Crippen LogP contribution in [-0.4, -0.2) is 56.9 Å². The SMILES string of the molecule is O=CC(F)(F)[C@H](O)[C@H](O)C(O)(C(=O)c1ccccc1)C(=O)c1ccccc1. The monoisotopic (exact) mass is 378 g/mol. The van der Waals surface area contributed by atoms with Crippen molar-refractivity contribution < 1.29 is 38.5 Å². The van der Waals surface area contributed by atoms with Crippen molar-refractivity contribution in [1.29, 1.82) is 0 Å². The molecule has 0 aliphatic rings. The summed E-state index contributed by atoms with van der Waals surface area (Å²) in [6, 6.07) is 13.4. The minimum Gasteiger partial charge on any atom is -0.386 e. The predicted octanol–water partition coefficient (Wildman–Crippen LogP) is 1.04. The molecule has 0 saturated carbocycles. The number of ketones is 2. The van der Waals surface area contributed by atoms with E-state index >= 15 is 0 Å².